The number of nitrogens with two attached hydrogens (primary N) is 3. The van der Waals surface area contributed by atoms with E-state index in [1.807, 2.05) is 13.8 Å². The van der Waals surface area contributed by atoms with Crippen molar-refractivity contribution in [2.24, 2.45) is 27.2 Å². The Balaban J connectivity index is 2.63. The second kappa shape index (κ2) is 4.28. The SMILES string of the molecule is CC1CC(N=C(N)N=C(N)N)C(C)O1. The Bertz CT molecular complexity index is 258. The van der Waals surface area contributed by atoms with E-state index >= 15 is 0 Å². The molecule has 80 valence electrons. The molecule has 0 aliphatic carbocycles. The number of hydrogen-bond donors (Lipinski definition) is 3. The van der Waals surface area contributed by atoms with E-state index in [0.717, 1.165) is 6.42 Å². The zero-order chi connectivity index (χ0) is 10.7. The molecule has 1 fully saturated rings. The molecule has 0 spiro atoms. The molecular weight excluding hydrogens is 182 g/mol. The highest BCUT2D eigenvalue weighted by atomic mass is 16.5. The lowest BCUT2D eigenvalue weighted by molar-refractivity contribution is 0.0638. The maximum atomic E-state index is 5.51. The Morgan fingerprint density at radius 3 is 2.36 bits per heavy atom. The van der Waals surface area contributed by atoms with Gasteiger partial charge in [0.05, 0.1) is 18.2 Å². The monoisotopic (exact) mass is 199 g/mol. The van der Waals surface area contributed by atoms with E-state index in [1.165, 1.54) is 0 Å². The Labute approximate surface area is 83.2 Å². The standard InChI is InChI=1S/C8H17N5O/c1-4-3-6(5(2)14-4)12-8(11)13-7(9)10/h4-6H,3H2,1-2H3,(H6,9,10,11,12,13). The van der Waals surface area contributed by atoms with E-state index in [0.29, 0.717) is 0 Å². The maximum absolute atomic E-state index is 5.51. The molecule has 1 aliphatic heterocycles. The lowest BCUT2D eigenvalue weighted by Gasteiger charge is -2.08. The number of ether oxygens (including phenoxy) is 1. The average molecular weight is 199 g/mol. The summed E-state index contributed by atoms with van der Waals surface area (Å²) in [5.74, 6) is 0.0328. The molecule has 1 aliphatic rings. The fourth-order valence-corrected chi connectivity index (χ4v) is 1.53. The fraction of sp³-hybridized carbons (Fsp3) is 0.750. The van der Waals surface area contributed by atoms with Crippen molar-refractivity contribution in [1.82, 2.24) is 0 Å². The van der Waals surface area contributed by atoms with Crippen LogP contribution in [0, 0.1) is 0 Å². The van der Waals surface area contributed by atoms with Crippen molar-refractivity contribution in [3.63, 3.8) is 0 Å². The van der Waals surface area contributed by atoms with Gasteiger partial charge in [0, 0.05) is 0 Å². The average Bonchev–Trinajstić information content (AvgIpc) is 2.28. The number of rotatable bonds is 1. The number of nitrogens with zero attached hydrogens (tertiary/aromatic N) is 2. The van der Waals surface area contributed by atoms with Crippen LogP contribution in [-0.2, 0) is 4.74 Å². The molecule has 0 bridgehead atoms. The van der Waals surface area contributed by atoms with Crippen molar-refractivity contribution in [1.29, 1.82) is 0 Å². The fourth-order valence-electron chi connectivity index (χ4n) is 1.53. The molecule has 0 radical (unpaired) electrons. The number of aliphatic imine (C=N–C) groups is 2. The molecule has 6 N–H and O–H groups in total. The molecular formula is C8H17N5O. The molecule has 0 aromatic carbocycles. The van der Waals surface area contributed by atoms with Gasteiger partial charge in [0.25, 0.3) is 0 Å². The largest absolute Gasteiger partial charge is 0.373 e. The molecule has 1 saturated heterocycles. The van der Waals surface area contributed by atoms with Gasteiger partial charge in [-0.15, -0.1) is 0 Å². The van der Waals surface area contributed by atoms with E-state index in [9.17, 15) is 0 Å². The third kappa shape index (κ3) is 2.88. The van der Waals surface area contributed by atoms with Crippen LogP contribution in [0.2, 0.25) is 0 Å². The van der Waals surface area contributed by atoms with Crippen LogP contribution in [0.5, 0.6) is 0 Å². The summed E-state index contributed by atoms with van der Waals surface area (Å²) in [6.07, 6.45) is 1.13. The first-order valence-corrected chi connectivity index (χ1v) is 4.57. The third-order valence-electron chi connectivity index (χ3n) is 2.10. The summed E-state index contributed by atoms with van der Waals surface area (Å²) in [6, 6.07) is 0.0492. The summed E-state index contributed by atoms with van der Waals surface area (Å²) >= 11 is 0. The molecule has 3 atom stereocenters. The second-order valence-electron chi connectivity index (χ2n) is 3.48. The van der Waals surface area contributed by atoms with Gasteiger partial charge < -0.3 is 21.9 Å². The zero-order valence-corrected chi connectivity index (χ0v) is 8.47. The molecule has 1 heterocycles. The summed E-state index contributed by atoms with van der Waals surface area (Å²) in [4.78, 5) is 7.81. The third-order valence-corrected chi connectivity index (χ3v) is 2.10. The minimum absolute atomic E-state index is 0.0492. The molecule has 3 unspecified atom stereocenters. The Kier molecular flexibility index (Phi) is 3.29. The van der Waals surface area contributed by atoms with Crippen LogP contribution in [0.1, 0.15) is 20.3 Å². The predicted molar refractivity (Wildman–Crippen MR) is 55.8 cm³/mol. The molecule has 0 saturated carbocycles. The van der Waals surface area contributed by atoms with Gasteiger partial charge in [-0.1, -0.05) is 0 Å². The molecule has 0 aromatic rings. The van der Waals surface area contributed by atoms with Gasteiger partial charge in [-0.25, -0.2) is 4.99 Å². The first-order chi connectivity index (χ1) is 6.49. The van der Waals surface area contributed by atoms with Crippen molar-refractivity contribution in [3.8, 4) is 0 Å². The highest BCUT2D eigenvalue weighted by Crippen LogP contribution is 2.22. The molecule has 0 amide bonds. The maximum Gasteiger partial charge on any atom is 0.218 e. The lowest BCUT2D eigenvalue weighted by Crippen LogP contribution is -2.28. The van der Waals surface area contributed by atoms with Crippen LogP contribution in [0.3, 0.4) is 0 Å². The summed E-state index contributed by atoms with van der Waals surface area (Å²) < 4.78 is 5.51. The Hall–Kier alpha value is -1.30. The summed E-state index contributed by atoms with van der Waals surface area (Å²) in [5, 5.41) is 0. The van der Waals surface area contributed by atoms with Gasteiger partial charge in [-0.05, 0) is 20.3 Å². The molecule has 1 rings (SSSR count). The van der Waals surface area contributed by atoms with Crippen molar-refractivity contribution in [2.45, 2.75) is 38.5 Å². The lowest BCUT2D eigenvalue weighted by atomic mass is 10.1. The van der Waals surface area contributed by atoms with Crippen LogP contribution < -0.4 is 17.2 Å². The van der Waals surface area contributed by atoms with E-state index in [2.05, 4.69) is 9.98 Å². The van der Waals surface area contributed by atoms with Gasteiger partial charge in [-0.2, -0.15) is 4.99 Å². The zero-order valence-electron chi connectivity index (χ0n) is 8.47. The molecule has 6 nitrogen and oxygen atoms in total. The van der Waals surface area contributed by atoms with E-state index in [1.54, 1.807) is 0 Å². The second-order valence-corrected chi connectivity index (χ2v) is 3.48. The Morgan fingerprint density at radius 2 is 1.93 bits per heavy atom. The Morgan fingerprint density at radius 1 is 1.29 bits per heavy atom. The van der Waals surface area contributed by atoms with Gasteiger partial charge in [0.2, 0.25) is 5.96 Å². The number of guanidine groups is 2. The van der Waals surface area contributed by atoms with Gasteiger partial charge in [0.1, 0.15) is 0 Å². The van der Waals surface area contributed by atoms with Crippen LogP contribution in [0.25, 0.3) is 0 Å². The molecule has 0 aromatic heterocycles. The first kappa shape index (κ1) is 10.8. The minimum Gasteiger partial charge on any atom is -0.373 e. The minimum atomic E-state index is -0.0779. The summed E-state index contributed by atoms with van der Waals surface area (Å²) in [5.41, 5.74) is 15.8. The van der Waals surface area contributed by atoms with Crippen molar-refractivity contribution in [2.75, 3.05) is 0 Å². The topological polar surface area (TPSA) is 112 Å². The molecule has 14 heavy (non-hydrogen) atoms. The van der Waals surface area contributed by atoms with Crippen LogP contribution >= 0.6 is 0 Å². The van der Waals surface area contributed by atoms with Crippen LogP contribution in [0.15, 0.2) is 9.98 Å². The van der Waals surface area contributed by atoms with E-state index in [4.69, 9.17) is 21.9 Å². The normalized spacial score (nSPS) is 33.0. The van der Waals surface area contributed by atoms with Crippen molar-refractivity contribution < 1.29 is 4.74 Å². The van der Waals surface area contributed by atoms with Crippen molar-refractivity contribution >= 4 is 11.9 Å². The highest BCUT2D eigenvalue weighted by Gasteiger charge is 2.29. The number of hydrogen-bond acceptors (Lipinski definition) is 2. The summed E-state index contributed by atoms with van der Waals surface area (Å²) in [6.45, 7) is 3.96. The predicted octanol–water partition coefficient (Wildman–Crippen LogP) is -0.860. The highest BCUT2D eigenvalue weighted by molar-refractivity contribution is 5.92. The van der Waals surface area contributed by atoms with Gasteiger partial charge in [0.15, 0.2) is 5.96 Å². The first-order valence-electron chi connectivity index (χ1n) is 4.57. The van der Waals surface area contributed by atoms with Crippen LogP contribution in [-0.4, -0.2) is 30.2 Å². The van der Waals surface area contributed by atoms with E-state index in [-0.39, 0.29) is 30.2 Å². The van der Waals surface area contributed by atoms with E-state index < -0.39 is 0 Å². The van der Waals surface area contributed by atoms with Crippen LogP contribution in [0.4, 0.5) is 0 Å². The molecule has 6 heteroatoms. The van der Waals surface area contributed by atoms with Gasteiger partial charge >= 0.3 is 0 Å². The van der Waals surface area contributed by atoms with Crippen molar-refractivity contribution in [3.05, 3.63) is 0 Å². The van der Waals surface area contributed by atoms with Gasteiger partial charge in [-0.3, -0.25) is 0 Å². The smallest absolute Gasteiger partial charge is 0.218 e. The quantitative estimate of drug-likeness (QED) is 0.377. The summed E-state index contributed by atoms with van der Waals surface area (Å²) in [7, 11) is 0.